The van der Waals surface area contributed by atoms with E-state index in [-0.39, 0.29) is 0 Å². The summed E-state index contributed by atoms with van der Waals surface area (Å²) in [5.74, 6) is 0.882. The van der Waals surface area contributed by atoms with Gasteiger partial charge in [-0.1, -0.05) is 46.5 Å². The molecule has 0 bridgehead atoms. The lowest BCUT2D eigenvalue weighted by molar-refractivity contribution is 0.228. The quantitative estimate of drug-likeness (QED) is 0.515. The van der Waals surface area contributed by atoms with Gasteiger partial charge < -0.3 is 4.90 Å². The van der Waals surface area contributed by atoms with Gasteiger partial charge in [0.2, 0.25) is 0 Å². The van der Waals surface area contributed by atoms with Gasteiger partial charge in [-0.25, -0.2) is 0 Å². The standard InChI is InChI=1S/C14H31N/c1-6-15(14(4)5)12-10-8-7-9-11-13(2)3/h13-14H,6-12H2,1-5H3. The second-order valence-electron chi connectivity index (χ2n) is 5.32. The van der Waals surface area contributed by atoms with Gasteiger partial charge >= 0.3 is 0 Å². The molecule has 0 fully saturated rings. The largest absolute Gasteiger partial charge is 0.301 e. The van der Waals surface area contributed by atoms with Crippen molar-refractivity contribution in [2.75, 3.05) is 13.1 Å². The van der Waals surface area contributed by atoms with E-state index in [0.29, 0.717) is 6.04 Å². The molecule has 0 N–H and O–H groups in total. The van der Waals surface area contributed by atoms with Crippen molar-refractivity contribution in [1.29, 1.82) is 0 Å². The minimum atomic E-state index is 0.714. The number of hydrogen-bond donors (Lipinski definition) is 0. The topological polar surface area (TPSA) is 3.24 Å². The smallest absolute Gasteiger partial charge is 0.00384 e. The molecule has 0 aliphatic heterocycles. The molecule has 0 saturated carbocycles. The Balaban J connectivity index is 3.29. The maximum atomic E-state index is 2.56. The van der Waals surface area contributed by atoms with Gasteiger partial charge in [-0.15, -0.1) is 0 Å². The van der Waals surface area contributed by atoms with Gasteiger partial charge in [0.05, 0.1) is 0 Å². The minimum Gasteiger partial charge on any atom is -0.301 e. The SMILES string of the molecule is CCN(CCCCCCC(C)C)C(C)C. The Morgan fingerprint density at radius 3 is 1.93 bits per heavy atom. The zero-order valence-corrected chi connectivity index (χ0v) is 11.6. The fraction of sp³-hybridized carbons (Fsp3) is 1.00. The Bertz CT molecular complexity index is 129. The number of hydrogen-bond acceptors (Lipinski definition) is 1. The van der Waals surface area contributed by atoms with Gasteiger partial charge in [0.25, 0.3) is 0 Å². The zero-order valence-electron chi connectivity index (χ0n) is 11.6. The van der Waals surface area contributed by atoms with Crippen molar-refractivity contribution in [2.45, 2.75) is 72.8 Å². The molecule has 92 valence electrons. The van der Waals surface area contributed by atoms with Crippen LogP contribution in [0, 0.1) is 5.92 Å². The third-order valence-corrected chi connectivity index (χ3v) is 3.11. The maximum Gasteiger partial charge on any atom is 0.00384 e. The molecule has 0 spiro atoms. The van der Waals surface area contributed by atoms with E-state index in [1.807, 2.05) is 0 Å². The van der Waals surface area contributed by atoms with Crippen LogP contribution in [-0.2, 0) is 0 Å². The number of nitrogens with zero attached hydrogens (tertiary/aromatic N) is 1. The van der Waals surface area contributed by atoms with E-state index in [2.05, 4.69) is 39.5 Å². The Kier molecular flexibility index (Phi) is 9.18. The Hall–Kier alpha value is -0.0400. The van der Waals surface area contributed by atoms with Crippen LogP contribution < -0.4 is 0 Å². The summed E-state index contributed by atoms with van der Waals surface area (Å²) in [5, 5.41) is 0. The Morgan fingerprint density at radius 2 is 1.47 bits per heavy atom. The van der Waals surface area contributed by atoms with Crippen LogP contribution in [0.3, 0.4) is 0 Å². The third-order valence-electron chi connectivity index (χ3n) is 3.11. The predicted octanol–water partition coefficient (Wildman–Crippen LogP) is 4.32. The number of unbranched alkanes of at least 4 members (excludes halogenated alkanes) is 3. The molecule has 0 aromatic carbocycles. The van der Waals surface area contributed by atoms with Crippen molar-refractivity contribution in [3.8, 4) is 0 Å². The maximum absolute atomic E-state index is 2.56. The zero-order chi connectivity index (χ0) is 11.7. The Morgan fingerprint density at radius 1 is 0.867 bits per heavy atom. The summed E-state index contributed by atoms with van der Waals surface area (Å²) >= 11 is 0. The third kappa shape index (κ3) is 8.92. The van der Waals surface area contributed by atoms with Crippen molar-refractivity contribution < 1.29 is 0 Å². The first kappa shape index (κ1) is 15.0. The van der Waals surface area contributed by atoms with E-state index < -0.39 is 0 Å². The summed E-state index contributed by atoms with van der Waals surface area (Å²) in [6, 6.07) is 0.714. The predicted molar refractivity (Wildman–Crippen MR) is 70.3 cm³/mol. The van der Waals surface area contributed by atoms with Crippen LogP contribution >= 0.6 is 0 Å². The molecule has 0 aromatic heterocycles. The van der Waals surface area contributed by atoms with Crippen molar-refractivity contribution in [2.24, 2.45) is 5.92 Å². The van der Waals surface area contributed by atoms with Crippen LogP contribution in [0.4, 0.5) is 0 Å². The second kappa shape index (κ2) is 9.21. The van der Waals surface area contributed by atoms with Crippen molar-refractivity contribution in [3.63, 3.8) is 0 Å². The van der Waals surface area contributed by atoms with E-state index >= 15 is 0 Å². The van der Waals surface area contributed by atoms with Gasteiger partial charge in [0.1, 0.15) is 0 Å². The van der Waals surface area contributed by atoms with Gasteiger partial charge in [0, 0.05) is 6.04 Å². The fourth-order valence-electron chi connectivity index (χ4n) is 2.00. The summed E-state index contributed by atoms with van der Waals surface area (Å²) < 4.78 is 0. The fourth-order valence-corrected chi connectivity index (χ4v) is 2.00. The first-order chi connectivity index (χ1) is 7.07. The molecule has 0 atom stereocenters. The van der Waals surface area contributed by atoms with E-state index in [0.717, 1.165) is 5.92 Å². The summed E-state index contributed by atoms with van der Waals surface area (Å²) in [4.78, 5) is 2.56. The highest BCUT2D eigenvalue weighted by molar-refractivity contribution is 4.60. The molecule has 1 nitrogen and oxygen atoms in total. The first-order valence-electron chi connectivity index (χ1n) is 6.82. The molecule has 0 heterocycles. The number of rotatable bonds is 9. The molecule has 0 radical (unpaired) electrons. The van der Waals surface area contributed by atoms with Crippen molar-refractivity contribution in [1.82, 2.24) is 4.90 Å². The van der Waals surface area contributed by atoms with Crippen LogP contribution in [0.2, 0.25) is 0 Å². The average molecular weight is 213 g/mol. The normalized spacial score (nSPS) is 12.0. The summed E-state index contributed by atoms with van der Waals surface area (Å²) in [5.41, 5.74) is 0. The van der Waals surface area contributed by atoms with Crippen LogP contribution in [0.15, 0.2) is 0 Å². The van der Waals surface area contributed by atoms with Crippen LogP contribution in [0.25, 0.3) is 0 Å². The molecule has 0 rings (SSSR count). The summed E-state index contributed by atoms with van der Waals surface area (Å²) in [6.45, 7) is 14.0. The molecule has 0 amide bonds. The second-order valence-corrected chi connectivity index (χ2v) is 5.32. The van der Waals surface area contributed by atoms with E-state index in [1.54, 1.807) is 0 Å². The van der Waals surface area contributed by atoms with Gasteiger partial charge in [-0.05, 0) is 39.3 Å². The first-order valence-corrected chi connectivity index (χ1v) is 6.82. The molecule has 1 heteroatoms. The van der Waals surface area contributed by atoms with E-state index in [9.17, 15) is 0 Å². The highest BCUT2D eigenvalue weighted by Gasteiger charge is 2.05. The Labute approximate surface area is 97.2 Å². The van der Waals surface area contributed by atoms with Crippen LogP contribution in [-0.4, -0.2) is 24.0 Å². The minimum absolute atomic E-state index is 0.714. The average Bonchev–Trinajstić information content (AvgIpc) is 2.15. The van der Waals surface area contributed by atoms with Crippen molar-refractivity contribution in [3.05, 3.63) is 0 Å². The van der Waals surface area contributed by atoms with Crippen molar-refractivity contribution >= 4 is 0 Å². The molecule has 0 aliphatic carbocycles. The molecule has 0 aromatic rings. The van der Waals surface area contributed by atoms with E-state index in [4.69, 9.17) is 0 Å². The highest BCUT2D eigenvalue weighted by atomic mass is 15.1. The molecule has 0 aliphatic rings. The molecule has 0 unspecified atom stereocenters. The summed E-state index contributed by atoms with van der Waals surface area (Å²) in [6.07, 6.45) is 7.04. The van der Waals surface area contributed by atoms with Gasteiger partial charge in [-0.2, -0.15) is 0 Å². The lowest BCUT2D eigenvalue weighted by Gasteiger charge is -2.24. The molecule has 0 saturated heterocycles. The van der Waals surface area contributed by atoms with E-state index in [1.165, 1.54) is 45.2 Å². The lowest BCUT2D eigenvalue weighted by atomic mass is 10.0. The highest BCUT2D eigenvalue weighted by Crippen LogP contribution is 2.10. The van der Waals surface area contributed by atoms with Gasteiger partial charge in [-0.3, -0.25) is 0 Å². The van der Waals surface area contributed by atoms with Crippen LogP contribution in [0.5, 0.6) is 0 Å². The van der Waals surface area contributed by atoms with Gasteiger partial charge in [0.15, 0.2) is 0 Å². The molecular weight excluding hydrogens is 182 g/mol. The molecular formula is C14H31N. The monoisotopic (exact) mass is 213 g/mol. The van der Waals surface area contributed by atoms with Crippen LogP contribution in [0.1, 0.15) is 66.7 Å². The summed E-state index contributed by atoms with van der Waals surface area (Å²) in [7, 11) is 0. The molecule has 15 heavy (non-hydrogen) atoms. The lowest BCUT2D eigenvalue weighted by Crippen LogP contribution is -2.31.